The first-order chi connectivity index (χ1) is 14.2. The maximum Gasteiger partial charge on any atom is 0.157 e. The average Bonchev–Trinajstić information content (AvgIpc) is 2.67. The Kier molecular flexibility index (Phi) is 8.42. The van der Waals surface area contributed by atoms with Gasteiger partial charge in [0, 0.05) is 23.1 Å². The molecule has 1 aliphatic heterocycles. The standard InChI is InChI=1S/C24H38ClNO3S/c1-18(17-29-22-8-5-6-15-28-22)16-21(26-30(27)23(2,3)4)24(13-7-14-24)19-9-11-20(25)12-10-19/h9-12,18,21-22,26H,5-8,13-17H2,1-4H3/t18-,21-,22-,30?/m1/s1. The molecule has 6 heteroatoms. The lowest BCUT2D eigenvalue weighted by Gasteiger charge is -2.49. The van der Waals surface area contributed by atoms with Crippen molar-refractivity contribution in [3.8, 4) is 0 Å². The van der Waals surface area contributed by atoms with Gasteiger partial charge in [0.25, 0.3) is 0 Å². The van der Waals surface area contributed by atoms with Gasteiger partial charge in [-0.1, -0.05) is 37.1 Å². The van der Waals surface area contributed by atoms with Crippen LogP contribution in [0.5, 0.6) is 0 Å². The Balaban J connectivity index is 1.73. The van der Waals surface area contributed by atoms with Gasteiger partial charge in [0.2, 0.25) is 0 Å². The molecule has 4 atom stereocenters. The van der Waals surface area contributed by atoms with Gasteiger partial charge in [0.15, 0.2) is 6.29 Å². The van der Waals surface area contributed by atoms with Gasteiger partial charge in [-0.2, -0.15) is 0 Å². The molecule has 1 saturated heterocycles. The van der Waals surface area contributed by atoms with Crippen LogP contribution in [0.4, 0.5) is 0 Å². The van der Waals surface area contributed by atoms with Crippen LogP contribution in [0, 0.1) is 5.92 Å². The number of rotatable bonds is 9. The summed E-state index contributed by atoms with van der Waals surface area (Å²) < 4.78 is 28.1. The van der Waals surface area contributed by atoms with Crippen molar-refractivity contribution < 1.29 is 13.7 Å². The first-order valence-electron chi connectivity index (χ1n) is 11.4. The highest BCUT2D eigenvalue weighted by Gasteiger charge is 2.47. The summed E-state index contributed by atoms with van der Waals surface area (Å²) in [7, 11) is -1.13. The van der Waals surface area contributed by atoms with E-state index in [1.54, 1.807) is 0 Å². The van der Waals surface area contributed by atoms with Gasteiger partial charge in [0.1, 0.15) is 0 Å². The van der Waals surface area contributed by atoms with E-state index in [4.69, 9.17) is 21.1 Å². The van der Waals surface area contributed by atoms with Crippen LogP contribution < -0.4 is 4.72 Å². The first kappa shape index (κ1) is 24.2. The summed E-state index contributed by atoms with van der Waals surface area (Å²) in [4.78, 5) is 0. The summed E-state index contributed by atoms with van der Waals surface area (Å²) in [6, 6.07) is 8.36. The predicted octanol–water partition coefficient (Wildman–Crippen LogP) is 5.75. The summed E-state index contributed by atoms with van der Waals surface area (Å²) in [6.45, 7) is 9.77. The van der Waals surface area contributed by atoms with E-state index in [1.165, 1.54) is 18.4 Å². The molecular formula is C24H38ClNO3S. The van der Waals surface area contributed by atoms with Gasteiger partial charge in [-0.25, -0.2) is 8.93 Å². The fourth-order valence-corrected chi connectivity index (χ4v) is 5.51. The Bertz CT molecular complexity index is 693. The van der Waals surface area contributed by atoms with Crippen molar-refractivity contribution in [2.75, 3.05) is 13.2 Å². The molecule has 1 unspecified atom stereocenters. The zero-order valence-corrected chi connectivity index (χ0v) is 20.5. The molecule has 0 bridgehead atoms. The third kappa shape index (κ3) is 6.07. The number of halogens is 1. The fraction of sp³-hybridized carbons (Fsp3) is 0.750. The van der Waals surface area contributed by atoms with Crippen LogP contribution in [-0.2, 0) is 25.9 Å². The van der Waals surface area contributed by atoms with Gasteiger partial charge in [-0.05, 0) is 82.9 Å². The van der Waals surface area contributed by atoms with E-state index in [9.17, 15) is 4.21 Å². The molecule has 1 heterocycles. The zero-order chi connectivity index (χ0) is 21.8. The number of benzene rings is 1. The van der Waals surface area contributed by atoms with Crippen LogP contribution in [0.2, 0.25) is 5.02 Å². The van der Waals surface area contributed by atoms with Crippen molar-refractivity contribution in [2.24, 2.45) is 5.92 Å². The normalized spacial score (nSPS) is 24.6. The SMILES string of the molecule is C[C@@H](CO[C@@H]1CCCCO1)C[C@@H](NS(=O)C(C)(C)C)C1(c2ccc(Cl)cc2)CCC1. The van der Waals surface area contributed by atoms with Crippen LogP contribution in [0.1, 0.15) is 78.2 Å². The van der Waals surface area contributed by atoms with Crippen molar-refractivity contribution in [1.29, 1.82) is 0 Å². The molecule has 170 valence electrons. The maximum atomic E-state index is 13.1. The summed E-state index contributed by atoms with van der Waals surface area (Å²) in [6.07, 6.45) is 7.54. The molecule has 30 heavy (non-hydrogen) atoms. The number of ether oxygens (including phenoxy) is 2. The van der Waals surface area contributed by atoms with E-state index in [0.717, 1.165) is 43.7 Å². The van der Waals surface area contributed by atoms with E-state index in [-0.39, 0.29) is 22.5 Å². The minimum Gasteiger partial charge on any atom is -0.353 e. The van der Waals surface area contributed by atoms with Gasteiger partial charge in [-0.15, -0.1) is 0 Å². The van der Waals surface area contributed by atoms with Crippen LogP contribution >= 0.6 is 11.6 Å². The van der Waals surface area contributed by atoms with E-state index in [0.29, 0.717) is 12.5 Å². The van der Waals surface area contributed by atoms with Crippen molar-refractivity contribution in [1.82, 2.24) is 4.72 Å². The lowest BCUT2D eigenvalue weighted by Crippen LogP contribution is -2.55. The quantitative estimate of drug-likeness (QED) is 0.515. The number of hydrogen-bond donors (Lipinski definition) is 1. The molecule has 4 nitrogen and oxygen atoms in total. The molecule has 3 rings (SSSR count). The molecule has 2 aliphatic rings. The summed E-state index contributed by atoms with van der Waals surface area (Å²) in [5.74, 6) is 0.342. The number of hydrogen-bond acceptors (Lipinski definition) is 3. The highest BCUT2D eigenvalue weighted by atomic mass is 35.5. The Morgan fingerprint density at radius 1 is 1.23 bits per heavy atom. The molecule has 0 radical (unpaired) electrons. The van der Waals surface area contributed by atoms with Crippen molar-refractivity contribution in [3.63, 3.8) is 0 Å². The molecule has 2 fully saturated rings. The second kappa shape index (κ2) is 10.4. The van der Waals surface area contributed by atoms with Crippen LogP contribution in [-0.4, -0.2) is 34.5 Å². The first-order valence-corrected chi connectivity index (χ1v) is 12.9. The molecule has 1 saturated carbocycles. The molecule has 1 aromatic rings. The maximum absolute atomic E-state index is 13.1. The van der Waals surface area contributed by atoms with Crippen molar-refractivity contribution in [2.45, 2.75) is 95.1 Å². The Labute approximate surface area is 190 Å². The van der Waals surface area contributed by atoms with Crippen LogP contribution in [0.15, 0.2) is 24.3 Å². The highest BCUT2D eigenvalue weighted by molar-refractivity contribution is 7.84. The zero-order valence-electron chi connectivity index (χ0n) is 18.9. The van der Waals surface area contributed by atoms with Gasteiger partial charge in [0.05, 0.1) is 22.3 Å². The average molecular weight is 456 g/mol. The van der Waals surface area contributed by atoms with Gasteiger partial charge < -0.3 is 9.47 Å². The Morgan fingerprint density at radius 2 is 1.93 bits per heavy atom. The molecule has 1 aromatic carbocycles. The van der Waals surface area contributed by atoms with E-state index < -0.39 is 11.0 Å². The monoisotopic (exact) mass is 455 g/mol. The Morgan fingerprint density at radius 3 is 2.47 bits per heavy atom. The molecule has 1 aliphatic carbocycles. The van der Waals surface area contributed by atoms with Crippen molar-refractivity contribution in [3.05, 3.63) is 34.9 Å². The van der Waals surface area contributed by atoms with Gasteiger partial charge >= 0.3 is 0 Å². The summed E-state index contributed by atoms with van der Waals surface area (Å²) in [5, 5.41) is 0.755. The fourth-order valence-electron chi connectivity index (χ4n) is 4.45. The van der Waals surface area contributed by atoms with Crippen molar-refractivity contribution >= 4 is 22.6 Å². The molecule has 0 aromatic heterocycles. The third-order valence-corrected chi connectivity index (χ3v) is 8.34. The Hall–Kier alpha value is -0.460. The molecule has 0 amide bonds. The van der Waals surface area contributed by atoms with E-state index >= 15 is 0 Å². The van der Waals surface area contributed by atoms with Gasteiger partial charge in [-0.3, -0.25) is 0 Å². The lowest BCUT2D eigenvalue weighted by molar-refractivity contribution is -0.168. The second-order valence-corrected chi connectivity index (χ2v) is 12.5. The molecule has 0 spiro atoms. The minimum atomic E-state index is -1.13. The highest BCUT2D eigenvalue weighted by Crippen LogP contribution is 2.48. The van der Waals surface area contributed by atoms with Crippen LogP contribution in [0.25, 0.3) is 0 Å². The number of nitrogens with one attached hydrogen (secondary N) is 1. The van der Waals surface area contributed by atoms with E-state index in [1.807, 2.05) is 32.9 Å². The predicted molar refractivity (Wildman–Crippen MR) is 125 cm³/mol. The summed E-state index contributed by atoms with van der Waals surface area (Å²) >= 11 is 6.15. The molecule has 1 N–H and O–H groups in total. The van der Waals surface area contributed by atoms with Crippen LogP contribution in [0.3, 0.4) is 0 Å². The van der Waals surface area contributed by atoms with E-state index in [2.05, 4.69) is 23.8 Å². The largest absolute Gasteiger partial charge is 0.353 e. The lowest BCUT2D eigenvalue weighted by atomic mass is 9.59. The molecular weight excluding hydrogens is 418 g/mol. The summed E-state index contributed by atoms with van der Waals surface area (Å²) in [5.41, 5.74) is 1.30. The second-order valence-electron chi connectivity index (χ2n) is 10.0. The smallest absolute Gasteiger partial charge is 0.157 e. The third-order valence-electron chi connectivity index (χ3n) is 6.48. The minimum absolute atomic E-state index is 0.00109. The topological polar surface area (TPSA) is 47.6 Å².